The first-order valence-electron chi connectivity index (χ1n) is 12.4. The van der Waals surface area contributed by atoms with Gasteiger partial charge in [-0.25, -0.2) is 0 Å². The molecule has 0 aliphatic heterocycles. The maximum absolute atomic E-state index is 9.77. The zero-order valence-electron chi connectivity index (χ0n) is 20.2. The van der Waals surface area contributed by atoms with Gasteiger partial charge in [0.25, 0.3) is 0 Å². The van der Waals surface area contributed by atoms with Crippen molar-refractivity contribution in [3.8, 4) is 47.9 Å². The average Bonchev–Trinajstić information content (AvgIpc) is 2.82. The Labute approximate surface area is 202 Å². The lowest BCUT2D eigenvalue weighted by Crippen LogP contribution is -2.01. The fourth-order valence-corrected chi connectivity index (χ4v) is 3.22. The first-order valence-corrected chi connectivity index (χ1v) is 12.4. The molecular weight excluding hydrogens is 408 g/mol. The molecule has 0 aliphatic rings. The highest BCUT2D eigenvalue weighted by atomic mass is 16.3. The molecule has 3 nitrogen and oxygen atoms in total. The van der Waals surface area contributed by atoms with Crippen molar-refractivity contribution in [2.24, 2.45) is 0 Å². The van der Waals surface area contributed by atoms with Gasteiger partial charge in [0.2, 0.25) is 0 Å². The van der Waals surface area contributed by atoms with Crippen LogP contribution < -0.4 is 0 Å². The van der Waals surface area contributed by atoms with Crippen LogP contribution in [0.5, 0.6) is 0 Å². The van der Waals surface area contributed by atoms with E-state index in [9.17, 15) is 10.2 Å². The minimum atomic E-state index is -0.736. The van der Waals surface area contributed by atoms with Crippen molar-refractivity contribution >= 4 is 0 Å². The van der Waals surface area contributed by atoms with E-state index in [1.807, 2.05) is 6.08 Å². The molecule has 0 saturated heterocycles. The normalized spacial score (nSPS) is 12.2. The van der Waals surface area contributed by atoms with Crippen molar-refractivity contribution in [2.45, 2.75) is 109 Å². The van der Waals surface area contributed by atoms with Gasteiger partial charge in [-0.15, -0.1) is 6.42 Å². The van der Waals surface area contributed by atoms with Crippen molar-refractivity contribution in [1.82, 2.24) is 0 Å². The van der Waals surface area contributed by atoms with E-state index in [1.54, 1.807) is 6.08 Å². The van der Waals surface area contributed by atoms with Gasteiger partial charge in [0.1, 0.15) is 18.8 Å². The van der Waals surface area contributed by atoms with E-state index < -0.39 is 12.2 Å². The van der Waals surface area contributed by atoms with E-state index in [1.165, 1.54) is 64.2 Å². The molecule has 0 saturated carbocycles. The van der Waals surface area contributed by atoms with Gasteiger partial charge in [0.15, 0.2) is 0 Å². The van der Waals surface area contributed by atoms with Gasteiger partial charge < -0.3 is 15.3 Å². The molecule has 0 radical (unpaired) electrons. The Morgan fingerprint density at radius 1 is 0.636 bits per heavy atom. The summed E-state index contributed by atoms with van der Waals surface area (Å²) in [7, 11) is 0. The fourth-order valence-electron chi connectivity index (χ4n) is 3.22. The molecule has 0 fully saturated rings. The van der Waals surface area contributed by atoms with E-state index >= 15 is 0 Å². The first kappa shape index (κ1) is 30.6. The Kier molecular flexibility index (Phi) is 24.0. The summed E-state index contributed by atoms with van der Waals surface area (Å²) in [6.07, 6.45) is 29.4. The predicted octanol–water partition coefficient (Wildman–Crippen LogP) is 5.31. The van der Waals surface area contributed by atoms with Crippen molar-refractivity contribution in [3.63, 3.8) is 0 Å². The zero-order chi connectivity index (χ0) is 24.2. The van der Waals surface area contributed by atoms with E-state index in [2.05, 4.69) is 53.6 Å². The number of aliphatic hydroxyl groups is 3. The van der Waals surface area contributed by atoms with E-state index in [-0.39, 0.29) is 6.61 Å². The molecule has 0 aliphatic carbocycles. The summed E-state index contributed by atoms with van der Waals surface area (Å²) in [5, 5.41) is 27.5. The maximum atomic E-state index is 9.77. The average molecular weight is 451 g/mol. The highest BCUT2D eigenvalue weighted by Gasteiger charge is 1.98. The number of allylic oxidation sites excluding steroid dienone is 3. The summed E-state index contributed by atoms with van der Waals surface area (Å²) in [5.74, 6) is 17.5. The van der Waals surface area contributed by atoms with Gasteiger partial charge in [-0.1, -0.05) is 80.9 Å². The summed E-state index contributed by atoms with van der Waals surface area (Å²) in [5.41, 5.74) is 0. The molecule has 0 bridgehead atoms. The second kappa shape index (κ2) is 25.9. The van der Waals surface area contributed by atoms with Crippen LogP contribution in [0.2, 0.25) is 0 Å². The van der Waals surface area contributed by atoms with Crippen LogP contribution in [0.1, 0.15) is 96.3 Å². The van der Waals surface area contributed by atoms with Crippen LogP contribution in [-0.4, -0.2) is 34.1 Å². The third-order valence-corrected chi connectivity index (χ3v) is 5.09. The number of hydrogen-bond acceptors (Lipinski definition) is 3. The molecule has 0 aromatic carbocycles. The standard InChI is InChI=1S/C30H42O3/c1-2-29(32)25-21-17-14-12-10-8-6-4-3-5-7-9-11-13-15-18-22-26-30(33)27-23-19-16-20-24-28-31/h1,3,5,21,25,29-33H,4,6-15,17-18,22,26,28H2/b5-3-,25-21+/t29-,30+/m0/s1. The second-order valence-corrected chi connectivity index (χ2v) is 8.05. The third-order valence-electron chi connectivity index (χ3n) is 5.09. The van der Waals surface area contributed by atoms with Gasteiger partial charge in [0.05, 0.1) is 0 Å². The van der Waals surface area contributed by atoms with Crippen LogP contribution in [0, 0.1) is 47.9 Å². The van der Waals surface area contributed by atoms with E-state index in [0.29, 0.717) is 6.42 Å². The minimum absolute atomic E-state index is 0.204. The topological polar surface area (TPSA) is 60.7 Å². The lowest BCUT2D eigenvalue weighted by molar-refractivity contribution is 0.217. The molecule has 0 spiro atoms. The third kappa shape index (κ3) is 25.7. The molecule has 0 aromatic rings. The summed E-state index contributed by atoms with van der Waals surface area (Å²) in [4.78, 5) is 0. The molecular formula is C30H42O3. The van der Waals surface area contributed by atoms with Crippen LogP contribution in [0.25, 0.3) is 0 Å². The van der Waals surface area contributed by atoms with Crippen LogP contribution in [0.15, 0.2) is 24.3 Å². The molecule has 0 amide bonds. The molecule has 3 heteroatoms. The van der Waals surface area contributed by atoms with E-state index in [0.717, 1.165) is 25.7 Å². The van der Waals surface area contributed by atoms with Crippen LogP contribution in [-0.2, 0) is 0 Å². The second-order valence-electron chi connectivity index (χ2n) is 8.05. The lowest BCUT2D eigenvalue weighted by Gasteiger charge is -2.03. The highest BCUT2D eigenvalue weighted by molar-refractivity contribution is 5.36. The van der Waals surface area contributed by atoms with Crippen molar-refractivity contribution in [2.75, 3.05) is 6.61 Å². The van der Waals surface area contributed by atoms with Crippen LogP contribution >= 0.6 is 0 Å². The van der Waals surface area contributed by atoms with Gasteiger partial charge >= 0.3 is 0 Å². The SMILES string of the molecule is C#C[C@H](O)/C=C/CCCCCCC/C=C\CCCCCCCC[C@@H](O)C#CC#CC#CCO. The Hall–Kier alpha value is -2.40. The summed E-state index contributed by atoms with van der Waals surface area (Å²) < 4.78 is 0. The smallest absolute Gasteiger partial charge is 0.133 e. The van der Waals surface area contributed by atoms with Crippen molar-refractivity contribution in [3.05, 3.63) is 24.3 Å². The number of unbranched alkanes of at least 4 members (excludes halogenated alkanes) is 12. The summed E-state index contributed by atoms with van der Waals surface area (Å²) in [6.45, 7) is -0.204. The molecule has 3 N–H and O–H groups in total. The largest absolute Gasteiger partial charge is 0.384 e. The predicted molar refractivity (Wildman–Crippen MR) is 139 cm³/mol. The molecule has 180 valence electrons. The van der Waals surface area contributed by atoms with Crippen LogP contribution in [0.3, 0.4) is 0 Å². The van der Waals surface area contributed by atoms with E-state index in [4.69, 9.17) is 11.5 Å². The lowest BCUT2D eigenvalue weighted by atomic mass is 10.1. The molecule has 2 atom stereocenters. The monoisotopic (exact) mass is 450 g/mol. The van der Waals surface area contributed by atoms with Gasteiger partial charge in [0, 0.05) is 0 Å². The van der Waals surface area contributed by atoms with Gasteiger partial charge in [-0.3, -0.25) is 0 Å². The molecule has 0 unspecified atom stereocenters. The number of rotatable bonds is 18. The quantitative estimate of drug-likeness (QED) is 0.151. The molecule has 0 aromatic heterocycles. The number of aliphatic hydroxyl groups excluding tert-OH is 3. The zero-order valence-corrected chi connectivity index (χ0v) is 20.2. The Morgan fingerprint density at radius 2 is 1.15 bits per heavy atom. The Bertz CT molecular complexity index is 737. The number of terminal acetylenes is 1. The Morgan fingerprint density at radius 3 is 1.73 bits per heavy atom. The molecule has 0 rings (SSSR count). The van der Waals surface area contributed by atoms with Crippen molar-refractivity contribution in [1.29, 1.82) is 0 Å². The minimum Gasteiger partial charge on any atom is -0.384 e. The van der Waals surface area contributed by atoms with Crippen LogP contribution in [0.4, 0.5) is 0 Å². The first-order chi connectivity index (χ1) is 16.2. The molecule has 0 heterocycles. The summed E-state index contributed by atoms with van der Waals surface area (Å²) >= 11 is 0. The Balaban J connectivity index is 3.39. The molecule has 33 heavy (non-hydrogen) atoms. The summed E-state index contributed by atoms with van der Waals surface area (Å²) in [6, 6.07) is 0. The highest BCUT2D eigenvalue weighted by Crippen LogP contribution is 2.11. The maximum Gasteiger partial charge on any atom is 0.133 e. The fraction of sp³-hybridized carbons (Fsp3) is 0.600. The van der Waals surface area contributed by atoms with Gasteiger partial charge in [-0.2, -0.15) is 0 Å². The number of hydrogen-bond donors (Lipinski definition) is 3. The van der Waals surface area contributed by atoms with Crippen molar-refractivity contribution < 1.29 is 15.3 Å². The van der Waals surface area contributed by atoms with Gasteiger partial charge in [-0.05, 0) is 81.1 Å².